The summed E-state index contributed by atoms with van der Waals surface area (Å²) in [7, 11) is 0. The lowest BCUT2D eigenvalue weighted by Crippen LogP contribution is -2.25. The van der Waals surface area contributed by atoms with Crippen LogP contribution in [0.5, 0.6) is 0 Å². The Hall–Kier alpha value is -0.610. The topological polar surface area (TPSA) is 66.8 Å². The summed E-state index contributed by atoms with van der Waals surface area (Å²) in [4.78, 5) is 11.5. The third kappa shape index (κ3) is 18.2. The zero-order chi connectivity index (χ0) is 19.5. The van der Waals surface area contributed by atoms with Crippen LogP contribution in [-0.4, -0.2) is 35.5 Å². The molecule has 0 fully saturated rings. The number of carbonyl (C=O) groups excluding carboxylic acids is 1. The van der Waals surface area contributed by atoms with Gasteiger partial charge in [0.25, 0.3) is 0 Å². The lowest BCUT2D eigenvalue weighted by atomic mass is 10.0. The van der Waals surface area contributed by atoms with E-state index in [1.165, 1.54) is 77.0 Å². The van der Waals surface area contributed by atoms with Crippen LogP contribution in [0.25, 0.3) is 0 Å². The van der Waals surface area contributed by atoms with Crippen molar-refractivity contribution in [2.75, 3.05) is 13.2 Å². The summed E-state index contributed by atoms with van der Waals surface area (Å²) in [5.41, 5.74) is 0. The fourth-order valence-electron chi connectivity index (χ4n) is 3.14. The van der Waals surface area contributed by atoms with Crippen molar-refractivity contribution in [2.24, 2.45) is 5.92 Å². The summed E-state index contributed by atoms with van der Waals surface area (Å²) in [5.74, 6) is 0.538. The molecule has 4 heteroatoms. The van der Waals surface area contributed by atoms with Crippen LogP contribution in [-0.2, 0) is 9.53 Å². The van der Waals surface area contributed by atoms with Crippen molar-refractivity contribution < 1.29 is 19.7 Å². The molecule has 0 unspecified atom stereocenters. The van der Waals surface area contributed by atoms with E-state index >= 15 is 0 Å². The summed E-state index contributed by atoms with van der Waals surface area (Å²) < 4.78 is 4.93. The number of carbonyl (C=O) groups is 1. The molecule has 0 rings (SSSR count). The average Bonchev–Trinajstić information content (AvgIpc) is 2.62. The van der Waals surface area contributed by atoms with Crippen molar-refractivity contribution in [3.8, 4) is 0 Å². The fraction of sp³-hybridized carbons (Fsp3) is 0.955. The lowest BCUT2D eigenvalue weighted by Gasteiger charge is -2.12. The van der Waals surface area contributed by atoms with E-state index in [9.17, 15) is 4.79 Å². The van der Waals surface area contributed by atoms with E-state index < -0.39 is 6.10 Å². The molecular weight excluding hydrogens is 328 g/mol. The number of rotatable bonds is 19. The molecule has 0 aromatic rings. The zero-order valence-corrected chi connectivity index (χ0v) is 17.4. The summed E-state index contributed by atoms with van der Waals surface area (Å²) in [6.07, 6.45) is 17.7. The minimum Gasteiger partial charge on any atom is -0.457 e. The predicted octanol–water partition coefficient (Wildman–Crippen LogP) is 5.39. The number of esters is 1. The molecule has 0 aliphatic heterocycles. The highest BCUT2D eigenvalue weighted by molar-refractivity contribution is 5.69. The standard InChI is InChI=1S/C22H44O4/c1-20(2)16-14-12-10-8-6-4-3-5-7-9-11-13-15-17-22(25)26-21(18-23)19-24/h20-21,23-24H,3-19H2,1-2H3. The molecule has 0 bridgehead atoms. The van der Waals surface area contributed by atoms with Gasteiger partial charge in [-0.15, -0.1) is 0 Å². The molecule has 0 aliphatic carbocycles. The second kappa shape index (κ2) is 19.2. The first-order chi connectivity index (χ1) is 12.6. The Bertz CT molecular complexity index is 301. The van der Waals surface area contributed by atoms with Crippen LogP contribution in [0.1, 0.15) is 110 Å². The number of hydrogen-bond donors (Lipinski definition) is 2. The first-order valence-corrected chi connectivity index (χ1v) is 11.0. The van der Waals surface area contributed by atoms with E-state index in [1.807, 2.05) is 0 Å². The Kier molecular flexibility index (Phi) is 18.7. The summed E-state index contributed by atoms with van der Waals surface area (Å²) in [5, 5.41) is 17.7. The normalized spacial score (nSPS) is 11.5. The van der Waals surface area contributed by atoms with Crippen molar-refractivity contribution in [3.63, 3.8) is 0 Å². The molecule has 0 amide bonds. The van der Waals surface area contributed by atoms with Gasteiger partial charge in [-0.2, -0.15) is 0 Å². The van der Waals surface area contributed by atoms with Gasteiger partial charge in [0.15, 0.2) is 0 Å². The zero-order valence-electron chi connectivity index (χ0n) is 17.4. The van der Waals surface area contributed by atoms with Gasteiger partial charge in [-0.3, -0.25) is 4.79 Å². The average molecular weight is 373 g/mol. The van der Waals surface area contributed by atoms with E-state index in [4.69, 9.17) is 14.9 Å². The first kappa shape index (κ1) is 25.4. The van der Waals surface area contributed by atoms with E-state index in [2.05, 4.69) is 13.8 Å². The molecule has 0 aliphatic rings. The van der Waals surface area contributed by atoms with Gasteiger partial charge >= 0.3 is 5.97 Å². The van der Waals surface area contributed by atoms with Gasteiger partial charge in [-0.05, 0) is 12.3 Å². The molecule has 4 nitrogen and oxygen atoms in total. The smallest absolute Gasteiger partial charge is 0.306 e. The predicted molar refractivity (Wildman–Crippen MR) is 108 cm³/mol. The van der Waals surface area contributed by atoms with Crippen molar-refractivity contribution in [1.82, 2.24) is 0 Å². The third-order valence-corrected chi connectivity index (χ3v) is 4.87. The molecule has 26 heavy (non-hydrogen) atoms. The van der Waals surface area contributed by atoms with Crippen LogP contribution in [0.4, 0.5) is 0 Å². The summed E-state index contributed by atoms with van der Waals surface area (Å²) in [6.45, 7) is 3.97. The Morgan fingerprint density at radius 2 is 1.08 bits per heavy atom. The molecular formula is C22H44O4. The molecule has 0 spiro atoms. The van der Waals surface area contributed by atoms with Gasteiger partial charge in [-0.25, -0.2) is 0 Å². The maximum atomic E-state index is 11.5. The summed E-state index contributed by atoms with van der Waals surface area (Å²) >= 11 is 0. The van der Waals surface area contributed by atoms with Gasteiger partial charge < -0.3 is 14.9 Å². The molecule has 156 valence electrons. The van der Waals surface area contributed by atoms with Crippen molar-refractivity contribution in [2.45, 2.75) is 116 Å². The molecule has 0 aromatic heterocycles. The number of ether oxygens (including phenoxy) is 1. The second-order valence-corrected chi connectivity index (χ2v) is 8.01. The van der Waals surface area contributed by atoms with E-state index in [-0.39, 0.29) is 19.2 Å². The van der Waals surface area contributed by atoms with E-state index in [1.54, 1.807) is 0 Å². The van der Waals surface area contributed by atoms with Crippen LogP contribution in [0, 0.1) is 5.92 Å². The molecule has 0 atom stereocenters. The molecule has 0 saturated carbocycles. The van der Waals surface area contributed by atoms with Gasteiger partial charge in [0.1, 0.15) is 6.10 Å². The molecule has 0 heterocycles. The Balaban J connectivity index is 3.19. The monoisotopic (exact) mass is 372 g/mol. The maximum absolute atomic E-state index is 11.5. The highest BCUT2D eigenvalue weighted by Crippen LogP contribution is 2.14. The highest BCUT2D eigenvalue weighted by atomic mass is 16.6. The molecule has 0 saturated heterocycles. The number of unbranched alkanes of at least 4 members (excludes halogenated alkanes) is 12. The molecule has 0 radical (unpaired) electrons. The van der Waals surface area contributed by atoms with Crippen LogP contribution in [0.2, 0.25) is 0 Å². The minimum absolute atomic E-state index is 0.317. The van der Waals surface area contributed by atoms with Crippen LogP contribution in [0.3, 0.4) is 0 Å². The third-order valence-electron chi connectivity index (χ3n) is 4.87. The van der Waals surface area contributed by atoms with Crippen molar-refractivity contribution in [3.05, 3.63) is 0 Å². The number of aliphatic hydroxyl groups excluding tert-OH is 2. The highest BCUT2D eigenvalue weighted by Gasteiger charge is 2.11. The van der Waals surface area contributed by atoms with E-state index in [0.29, 0.717) is 6.42 Å². The largest absolute Gasteiger partial charge is 0.457 e. The Labute approximate surface area is 161 Å². The quantitative estimate of drug-likeness (QED) is 0.236. The minimum atomic E-state index is -0.762. The Morgan fingerprint density at radius 1 is 0.692 bits per heavy atom. The second-order valence-electron chi connectivity index (χ2n) is 8.01. The molecule has 2 N–H and O–H groups in total. The van der Waals surface area contributed by atoms with Gasteiger partial charge in [-0.1, -0.05) is 97.3 Å². The van der Waals surface area contributed by atoms with Crippen LogP contribution >= 0.6 is 0 Å². The van der Waals surface area contributed by atoms with E-state index in [0.717, 1.165) is 18.8 Å². The van der Waals surface area contributed by atoms with Gasteiger partial charge in [0.2, 0.25) is 0 Å². The number of aliphatic hydroxyl groups is 2. The van der Waals surface area contributed by atoms with Crippen LogP contribution < -0.4 is 0 Å². The SMILES string of the molecule is CC(C)CCCCCCCCCCCCCCCC(=O)OC(CO)CO. The first-order valence-electron chi connectivity index (χ1n) is 11.0. The maximum Gasteiger partial charge on any atom is 0.306 e. The summed E-state index contributed by atoms with van der Waals surface area (Å²) in [6, 6.07) is 0. The number of hydrogen-bond acceptors (Lipinski definition) is 4. The van der Waals surface area contributed by atoms with Crippen molar-refractivity contribution in [1.29, 1.82) is 0 Å². The lowest BCUT2D eigenvalue weighted by molar-refractivity contribution is -0.153. The Morgan fingerprint density at radius 3 is 1.46 bits per heavy atom. The van der Waals surface area contributed by atoms with Gasteiger partial charge in [0, 0.05) is 6.42 Å². The molecule has 0 aromatic carbocycles. The van der Waals surface area contributed by atoms with Crippen LogP contribution in [0.15, 0.2) is 0 Å². The van der Waals surface area contributed by atoms with Crippen molar-refractivity contribution >= 4 is 5.97 Å². The van der Waals surface area contributed by atoms with Gasteiger partial charge in [0.05, 0.1) is 13.2 Å². The fourth-order valence-corrected chi connectivity index (χ4v) is 3.14.